The molecule has 0 saturated heterocycles. The first-order valence-electron chi connectivity index (χ1n) is 11.7. The van der Waals surface area contributed by atoms with Crippen molar-refractivity contribution in [3.05, 3.63) is 47.4 Å². The van der Waals surface area contributed by atoms with Crippen molar-refractivity contribution in [2.75, 3.05) is 17.2 Å². The quantitative estimate of drug-likeness (QED) is 0.616. The molecule has 0 bridgehead atoms. The van der Waals surface area contributed by atoms with E-state index in [2.05, 4.69) is 62.8 Å². The monoisotopic (exact) mass is 448 g/mol. The molecule has 0 aliphatic carbocycles. The lowest BCUT2D eigenvalue weighted by Gasteiger charge is -2.33. The highest BCUT2D eigenvalue weighted by Crippen LogP contribution is 2.35. The van der Waals surface area contributed by atoms with Gasteiger partial charge >= 0.3 is 0 Å². The number of rotatable bonds is 5. The lowest BCUT2D eigenvalue weighted by Crippen LogP contribution is -2.36. The SMILES string of the molecule is CC(=O)Nc1cc(CN2CCn3nc(Nc4cc5n(n4)CCCC5(C)C)cc3[C@H]2C)ccn1. The number of carbonyl (C=O) groups is 1. The van der Waals surface area contributed by atoms with Crippen molar-refractivity contribution in [2.45, 2.75) is 71.6 Å². The van der Waals surface area contributed by atoms with E-state index in [4.69, 9.17) is 10.2 Å². The number of hydrogen-bond donors (Lipinski definition) is 2. The molecule has 0 aromatic carbocycles. The van der Waals surface area contributed by atoms with Crippen molar-refractivity contribution >= 4 is 23.4 Å². The Hall–Kier alpha value is -3.20. The Balaban J connectivity index is 1.30. The summed E-state index contributed by atoms with van der Waals surface area (Å²) >= 11 is 0. The number of nitrogens with zero attached hydrogens (tertiary/aromatic N) is 6. The predicted molar refractivity (Wildman–Crippen MR) is 127 cm³/mol. The van der Waals surface area contributed by atoms with E-state index < -0.39 is 0 Å². The fraction of sp³-hybridized carbons (Fsp3) is 0.500. The molecule has 0 spiro atoms. The second-order valence-electron chi connectivity index (χ2n) is 9.80. The lowest BCUT2D eigenvalue weighted by atomic mass is 9.82. The highest BCUT2D eigenvalue weighted by molar-refractivity contribution is 5.87. The van der Waals surface area contributed by atoms with Gasteiger partial charge in [-0.05, 0) is 37.5 Å². The van der Waals surface area contributed by atoms with Crippen LogP contribution < -0.4 is 10.6 Å². The van der Waals surface area contributed by atoms with Gasteiger partial charge in [-0.2, -0.15) is 10.2 Å². The normalized spacial score (nSPS) is 19.6. The van der Waals surface area contributed by atoms with Gasteiger partial charge in [-0.25, -0.2) is 4.98 Å². The fourth-order valence-electron chi connectivity index (χ4n) is 5.01. The molecular formula is C24H32N8O. The van der Waals surface area contributed by atoms with Crippen LogP contribution in [0.3, 0.4) is 0 Å². The van der Waals surface area contributed by atoms with Gasteiger partial charge in [-0.3, -0.25) is 19.1 Å². The Morgan fingerprint density at radius 2 is 1.88 bits per heavy atom. The van der Waals surface area contributed by atoms with Gasteiger partial charge < -0.3 is 10.6 Å². The summed E-state index contributed by atoms with van der Waals surface area (Å²) in [6.07, 6.45) is 4.10. The average Bonchev–Trinajstić information content (AvgIpc) is 3.35. The minimum atomic E-state index is -0.114. The maximum atomic E-state index is 11.3. The second kappa shape index (κ2) is 8.30. The molecule has 2 aliphatic rings. The molecule has 174 valence electrons. The molecule has 1 atom stereocenters. The number of aromatic nitrogens is 5. The molecule has 2 aliphatic heterocycles. The second-order valence-corrected chi connectivity index (χ2v) is 9.80. The summed E-state index contributed by atoms with van der Waals surface area (Å²) in [5.41, 5.74) is 3.75. The van der Waals surface area contributed by atoms with Gasteiger partial charge in [-0.1, -0.05) is 13.8 Å². The number of anilines is 3. The van der Waals surface area contributed by atoms with E-state index in [1.165, 1.54) is 24.7 Å². The Kier molecular flexibility index (Phi) is 5.44. The van der Waals surface area contributed by atoms with Crippen LogP contribution in [0.5, 0.6) is 0 Å². The number of carbonyl (C=O) groups excluding carboxylic acids is 1. The van der Waals surface area contributed by atoms with Crippen molar-refractivity contribution < 1.29 is 4.79 Å². The zero-order valence-corrected chi connectivity index (χ0v) is 19.8. The van der Waals surface area contributed by atoms with Crippen LogP contribution in [0.4, 0.5) is 17.5 Å². The van der Waals surface area contributed by atoms with E-state index in [0.29, 0.717) is 5.82 Å². The van der Waals surface area contributed by atoms with Crippen molar-refractivity contribution in [1.29, 1.82) is 0 Å². The fourth-order valence-corrected chi connectivity index (χ4v) is 5.01. The molecule has 2 N–H and O–H groups in total. The van der Waals surface area contributed by atoms with E-state index in [-0.39, 0.29) is 17.4 Å². The summed E-state index contributed by atoms with van der Waals surface area (Å²) in [6, 6.07) is 8.46. The molecule has 3 aromatic heterocycles. The molecule has 5 rings (SSSR count). The first kappa shape index (κ1) is 21.6. The molecule has 0 saturated carbocycles. The summed E-state index contributed by atoms with van der Waals surface area (Å²) in [4.78, 5) is 18.0. The number of nitrogens with one attached hydrogen (secondary N) is 2. The zero-order chi connectivity index (χ0) is 23.2. The zero-order valence-electron chi connectivity index (χ0n) is 19.8. The molecule has 0 unspecified atom stereocenters. The van der Waals surface area contributed by atoms with Crippen LogP contribution in [0.15, 0.2) is 30.5 Å². The molecule has 5 heterocycles. The van der Waals surface area contributed by atoms with E-state index in [9.17, 15) is 4.79 Å². The molecule has 0 radical (unpaired) electrons. The van der Waals surface area contributed by atoms with Crippen LogP contribution in [0.1, 0.15) is 63.5 Å². The van der Waals surface area contributed by atoms with Gasteiger partial charge in [0.05, 0.1) is 12.2 Å². The maximum absolute atomic E-state index is 11.3. The van der Waals surface area contributed by atoms with E-state index in [1.807, 2.05) is 12.1 Å². The minimum absolute atomic E-state index is 0.114. The molecule has 33 heavy (non-hydrogen) atoms. The molecule has 0 fully saturated rings. The van der Waals surface area contributed by atoms with Crippen LogP contribution in [0, 0.1) is 0 Å². The third-order valence-electron chi connectivity index (χ3n) is 6.80. The Bertz CT molecular complexity index is 1180. The van der Waals surface area contributed by atoms with E-state index >= 15 is 0 Å². The van der Waals surface area contributed by atoms with Crippen LogP contribution in [0.25, 0.3) is 0 Å². The van der Waals surface area contributed by atoms with Crippen molar-refractivity contribution in [3.63, 3.8) is 0 Å². The van der Waals surface area contributed by atoms with Crippen molar-refractivity contribution in [2.24, 2.45) is 0 Å². The largest absolute Gasteiger partial charge is 0.322 e. The van der Waals surface area contributed by atoms with Gasteiger partial charge in [0.15, 0.2) is 11.6 Å². The van der Waals surface area contributed by atoms with Gasteiger partial charge in [-0.15, -0.1) is 0 Å². The topological polar surface area (TPSA) is 92.9 Å². The van der Waals surface area contributed by atoms with Gasteiger partial charge in [0.25, 0.3) is 0 Å². The molecular weight excluding hydrogens is 416 g/mol. The average molecular weight is 449 g/mol. The minimum Gasteiger partial charge on any atom is -0.322 e. The molecule has 1 amide bonds. The van der Waals surface area contributed by atoms with Crippen LogP contribution in [0.2, 0.25) is 0 Å². The first-order valence-corrected chi connectivity index (χ1v) is 11.7. The Morgan fingerprint density at radius 3 is 2.67 bits per heavy atom. The highest BCUT2D eigenvalue weighted by atomic mass is 16.1. The highest BCUT2D eigenvalue weighted by Gasteiger charge is 2.30. The number of hydrogen-bond acceptors (Lipinski definition) is 6. The Labute approximate surface area is 194 Å². The lowest BCUT2D eigenvalue weighted by molar-refractivity contribution is -0.114. The molecule has 9 heteroatoms. The van der Waals surface area contributed by atoms with E-state index in [0.717, 1.165) is 49.8 Å². The number of amides is 1. The molecule has 3 aromatic rings. The summed E-state index contributed by atoms with van der Waals surface area (Å²) in [5, 5.41) is 15.8. The predicted octanol–water partition coefficient (Wildman–Crippen LogP) is 3.82. The summed E-state index contributed by atoms with van der Waals surface area (Å²) in [5.74, 6) is 2.18. The van der Waals surface area contributed by atoms with Crippen molar-refractivity contribution in [3.8, 4) is 0 Å². The van der Waals surface area contributed by atoms with Gasteiger partial charge in [0.1, 0.15) is 5.82 Å². The molecule has 9 nitrogen and oxygen atoms in total. The summed E-state index contributed by atoms with van der Waals surface area (Å²) < 4.78 is 4.23. The van der Waals surface area contributed by atoms with Crippen molar-refractivity contribution in [1.82, 2.24) is 29.4 Å². The van der Waals surface area contributed by atoms with Crippen LogP contribution in [-0.2, 0) is 29.8 Å². The number of fused-ring (bicyclic) bond motifs is 2. The third kappa shape index (κ3) is 4.37. The first-order chi connectivity index (χ1) is 15.8. The smallest absolute Gasteiger partial charge is 0.222 e. The Morgan fingerprint density at radius 1 is 1.09 bits per heavy atom. The number of pyridine rings is 1. The third-order valence-corrected chi connectivity index (χ3v) is 6.80. The van der Waals surface area contributed by atoms with Gasteiger partial charge in [0.2, 0.25) is 5.91 Å². The van der Waals surface area contributed by atoms with E-state index in [1.54, 1.807) is 6.20 Å². The standard InChI is InChI=1S/C24H32N8O/c1-16-19-13-22(27-23-14-20-24(3,4)7-5-9-32(20)29-23)28-31(19)11-10-30(16)15-18-6-8-25-21(12-18)26-17(2)33/h6,8,12-14,16H,5,7,9-11,15H2,1-4H3,(H,25,26,33)(H,27,28,29)/t16-/m1/s1. The van der Waals surface area contributed by atoms with Crippen LogP contribution >= 0.6 is 0 Å². The summed E-state index contributed by atoms with van der Waals surface area (Å²) in [7, 11) is 0. The van der Waals surface area contributed by atoms with Gasteiger partial charge in [0, 0.05) is 62.0 Å². The van der Waals surface area contributed by atoms with Crippen LogP contribution in [-0.4, -0.2) is 41.9 Å². The number of aryl methyl sites for hydroxylation is 1. The summed E-state index contributed by atoms with van der Waals surface area (Å²) in [6.45, 7) is 11.8. The maximum Gasteiger partial charge on any atom is 0.222 e.